The lowest BCUT2D eigenvalue weighted by Crippen LogP contribution is -2.37. The first kappa shape index (κ1) is 17.7. The summed E-state index contributed by atoms with van der Waals surface area (Å²) in [6.07, 6.45) is 0.0843. The van der Waals surface area contributed by atoms with E-state index in [0.717, 1.165) is 0 Å². The van der Waals surface area contributed by atoms with Crippen molar-refractivity contribution in [1.29, 1.82) is 0 Å². The number of anilines is 1. The normalized spacial score (nSPS) is 10.1. The van der Waals surface area contributed by atoms with Crippen LogP contribution in [0.25, 0.3) is 0 Å². The van der Waals surface area contributed by atoms with Gasteiger partial charge in [0, 0.05) is 31.6 Å². The predicted octanol–water partition coefficient (Wildman–Crippen LogP) is 1.75. The molecule has 0 unspecified atom stereocenters. The Morgan fingerprint density at radius 1 is 0.955 bits per heavy atom. The molecular formula is C16H22N2O4. The number of carboxylic acid groups (broad SMARTS) is 1. The number of carbonyl (C=O) groups is 3. The molecule has 1 aromatic rings. The minimum absolute atomic E-state index is 0.00247. The number of nitrogens with zero attached hydrogens (tertiary/aromatic N) is 2. The largest absolute Gasteiger partial charge is 0.480 e. The van der Waals surface area contributed by atoms with Gasteiger partial charge < -0.3 is 14.9 Å². The molecule has 0 aromatic heterocycles. The van der Waals surface area contributed by atoms with Crippen molar-refractivity contribution in [1.82, 2.24) is 4.90 Å². The van der Waals surface area contributed by atoms with Gasteiger partial charge in [0.05, 0.1) is 0 Å². The van der Waals surface area contributed by atoms with Crippen LogP contribution in [0.15, 0.2) is 30.3 Å². The minimum atomic E-state index is -1.09. The molecule has 0 spiro atoms. The molecule has 0 heterocycles. The minimum Gasteiger partial charge on any atom is -0.480 e. The summed E-state index contributed by atoms with van der Waals surface area (Å²) in [5.74, 6) is -1.55. The summed E-state index contributed by atoms with van der Waals surface area (Å²) in [4.78, 5) is 38.0. The molecule has 0 fully saturated rings. The second-order valence-corrected chi connectivity index (χ2v) is 4.78. The number of hydrogen-bond acceptors (Lipinski definition) is 3. The van der Waals surface area contributed by atoms with Crippen LogP contribution in [0.1, 0.15) is 26.7 Å². The van der Waals surface area contributed by atoms with E-state index in [1.54, 1.807) is 35.2 Å². The van der Waals surface area contributed by atoms with Gasteiger partial charge in [-0.05, 0) is 26.0 Å². The number of aliphatic carboxylic acids is 1. The number of para-hydroxylation sites is 1. The molecule has 1 aromatic carbocycles. The Balaban J connectivity index is 2.73. The quantitative estimate of drug-likeness (QED) is 0.793. The van der Waals surface area contributed by atoms with Crippen molar-refractivity contribution in [3.63, 3.8) is 0 Å². The van der Waals surface area contributed by atoms with Crippen molar-refractivity contribution < 1.29 is 19.5 Å². The smallest absolute Gasteiger partial charge is 0.323 e. The van der Waals surface area contributed by atoms with Gasteiger partial charge in [-0.2, -0.15) is 0 Å². The van der Waals surface area contributed by atoms with Gasteiger partial charge in [-0.1, -0.05) is 18.2 Å². The van der Waals surface area contributed by atoms with Crippen molar-refractivity contribution in [2.24, 2.45) is 0 Å². The maximum atomic E-state index is 12.3. The van der Waals surface area contributed by atoms with E-state index in [0.29, 0.717) is 18.8 Å². The van der Waals surface area contributed by atoms with Crippen LogP contribution in [0.4, 0.5) is 5.69 Å². The van der Waals surface area contributed by atoms with E-state index < -0.39 is 12.5 Å². The molecule has 1 N–H and O–H groups in total. The Hall–Kier alpha value is -2.37. The average molecular weight is 306 g/mol. The van der Waals surface area contributed by atoms with Gasteiger partial charge in [0.1, 0.15) is 6.54 Å². The molecule has 1 rings (SSSR count). The standard InChI is InChI=1S/C16H22N2O4/c1-3-17(4-2)14(19)10-11-15(20)18(12-16(21)22)13-8-6-5-7-9-13/h5-9H,3-4,10-12H2,1-2H3,(H,21,22). The monoisotopic (exact) mass is 306 g/mol. The van der Waals surface area contributed by atoms with Crippen molar-refractivity contribution in [2.75, 3.05) is 24.5 Å². The number of rotatable bonds is 8. The molecule has 0 aliphatic carbocycles. The molecule has 6 heteroatoms. The molecule has 2 amide bonds. The van der Waals surface area contributed by atoms with Crippen LogP contribution in [-0.2, 0) is 14.4 Å². The molecular weight excluding hydrogens is 284 g/mol. The summed E-state index contributed by atoms with van der Waals surface area (Å²) in [6.45, 7) is 4.54. The third-order valence-electron chi connectivity index (χ3n) is 3.33. The Morgan fingerprint density at radius 3 is 2.00 bits per heavy atom. The Bertz CT molecular complexity index is 512. The lowest BCUT2D eigenvalue weighted by atomic mass is 10.2. The highest BCUT2D eigenvalue weighted by atomic mass is 16.4. The summed E-state index contributed by atoms with van der Waals surface area (Å²) in [6, 6.07) is 8.61. The summed E-state index contributed by atoms with van der Waals surface area (Å²) < 4.78 is 0. The fraction of sp³-hybridized carbons (Fsp3) is 0.438. The van der Waals surface area contributed by atoms with Crippen LogP contribution in [0.5, 0.6) is 0 Å². The van der Waals surface area contributed by atoms with E-state index in [2.05, 4.69) is 0 Å². The van der Waals surface area contributed by atoms with Crippen molar-refractivity contribution >= 4 is 23.5 Å². The molecule has 0 atom stereocenters. The maximum Gasteiger partial charge on any atom is 0.323 e. The molecule has 0 bridgehead atoms. The van der Waals surface area contributed by atoms with Crippen LogP contribution in [0, 0.1) is 0 Å². The van der Waals surface area contributed by atoms with E-state index in [9.17, 15) is 14.4 Å². The zero-order valence-corrected chi connectivity index (χ0v) is 13.0. The molecule has 0 saturated carbocycles. The second-order valence-electron chi connectivity index (χ2n) is 4.78. The predicted molar refractivity (Wildman–Crippen MR) is 83.6 cm³/mol. The van der Waals surface area contributed by atoms with E-state index in [4.69, 9.17) is 5.11 Å². The lowest BCUT2D eigenvalue weighted by molar-refractivity contribution is -0.136. The van der Waals surface area contributed by atoms with Gasteiger partial charge in [0.25, 0.3) is 0 Å². The fourth-order valence-corrected chi connectivity index (χ4v) is 2.15. The SMILES string of the molecule is CCN(CC)C(=O)CCC(=O)N(CC(=O)O)c1ccccc1. The molecule has 0 aliphatic rings. The number of amides is 2. The molecule has 0 saturated heterocycles. The van der Waals surface area contributed by atoms with E-state index >= 15 is 0 Å². The first-order valence-corrected chi connectivity index (χ1v) is 7.34. The number of carboxylic acids is 1. The van der Waals surface area contributed by atoms with Crippen LogP contribution >= 0.6 is 0 Å². The van der Waals surface area contributed by atoms with Crippen LogP contribution in [0.3, 0.4) is 0 Å². The van der Waals surface area contributed by atoms with Crippen LogP contribution < -0.4 is 4.90 Å². The molecule has 120 valence electrons. The van der Waals surface area contributed by atoms with Gasteiger partial charge in [0.15, 0.2) is 0 Å². The highest BCUT2D eigenvalue weighted by molar-refractivity contribution is 5.98. The van der Waals surface area contributed by atoms with E-state index in [-0.39, 0.29) is 24.7 Å². The van der Waals surface area contributed by atoms with Crippen LogP contribution in [-0.4, -0.2) is 47.4 Å². The first-order valence-electron chi connectivity index (χ1n) is 7.34. The Morgan fingerprint density at radius 2 is 1.50 bits per heavy atom. The van der Waals surface area contributed by atoms with Crippen molar-refractivity contribution in [3.05, 3.63) is 30.3 Å². The van der Waals surface area contributed by atoms with Gasteiger partial charge >= 0.3 is 5.97 Å². The first-order chi connectivity index (χ1) is 10.5. The zero-order valence-electron chi connectivity index (χ0n) is 13.0. The number of hydrogen-bond donors (Lipinski definition) is 1. The van der Waals surface area contributed by atoms with Crippen molar-refractivity contribution in [3.8, 4) is 0 Å². The maximum absolute atomic E-state index is 12.3. The van der Waals surface area contributed by atoms with Gasteiger partial charge in [-0.3, -0.25) is 14.4 Å². The zero-order chi connectivity index (χ0) is 16.5. The third kappa shape index (κ3) is 5.20. The summed E-state index contributed by atoms with van der Waals surface area (Å²) in [5, 5.41) is 8.97. The fourth-order valence-electron chi connectivity index (χ4n) is 2.15. The third-order valence-corrected chi connectivity index (χ3v) is 3.33. The Labute approximate surface area is 130 Å². The number of carbonyl (C=O) groups excluding carboxylic acids is 2. The van der Waals surface area contributed by atoms with Crippen molar-refractivity contribution in [2.45, 2.75) is 26.7 Å². The van der Waals surface area contributed by atoms with Gasteiger partial charge in [-0.25, -0.2) is 0 Å². The molecule has 0 aliphatic heterocycles. The molecule has 6 nitrogen and oxygen atoms in total. The highest BCUT2D eigenvalue weighted by Crippen LogP contribution is 2.15. The van der Waals surface area contributed by atoms with Gasteiger partial charge in [-0.15, -0.1) is 0 Å². The summed E-state index contributed by atoms with van der Waals surface area (Å²) in [7, 11) is 0. The van der Waals surface area contributed by atoms with E-state index in [1.165, 1.54) is 4.90 Å². The highest BCUT2D eigenvalue weighted by Gasteiger charge is 2.20. The Kier molecular flexibility index (Phi) is 7.08. The lowest BCUT2D eigenvalue weighted by Gasteiger charge is -2.22. The number of benzene rings is 1. The average Bonchev–Trinajstić information content (AvgIpc) is 2.52. The van der Waals surface area contributed by atoms with Gasteiger partial charge in [0.2, 0.25) is 11.8 Å². The topological polar surface area (TPSA) is 77.9 Å². The summed E-state index contributed by atoms with van der Waals surface area (Å²) in [5.41, 5.74) is 0.519. The second kappa shape index (κ2) is 8.81. The van der Waals surface area contributed by atoms with Crippen LogP contribution in [0.2, 0.25) is 0 Å². The summed E-state index contributed by atoms with van der Waals surface area (Å²) >= 11 is 0. The molecule has 22 heavy (non-hydrogen) atoms. The van der Waals surface area contributed by atoms with E-state index in [1.807, 2.05) is 13.8 Å². The molecule has 0 radical (unpaired) electrons.